The summed E-state index contributed by atoms with van der Waals surface area (Å²) in [7, 11) is 0. The van der Waals surface area contributed by atoms with Crippen molar-refractivity contribution in [2.24, 2.45) is 0 Å². The first-order valence-electron chi connectivity index (χ1n) is 11.6. The van der Waals surface area contributed by atoms with Gasteiger partial charge in [-0.05, 0) is 54.0 Å². The largest absolute Gasteiger partial charge is 0.513 e. The second kappa shape index (κ2) is 12.3. The topological polar surface area (TPSA) is 61.8 Å². The van der Waals surface area contributed by atoms with E-state index in [9.17, 15) is 9.59 Å². The Labute approximate surface area is 192 Å². The second-order valence-electron chi connectivity index (χ2n) is 8.64. The molecule has 0 fully saturated rings. The molecular formula is C27H36O5. The Bertz CT molecular complexity index is 897. The van der Waals surface area contributed by atoms with Crippen LogP contribution in [-0.4, -0.2) is 18.7 Å². The maximum absolute atomic E-state index is 12.9. The van der Waals surface area contributed by atoms with E-state index in [1.807, 2.05) is 39.0 Å². The molecule has 0 spiro atoms. The Hall–Kier alpha value is -2.82. The van der Waals surface area contributed by atoms with Crippen molar-refractivity contribution in [2.45, 2.75) is 79.1 Å². The third-order valence-electron chi connectivity index (χ3n) is 5.23. The summed E-state index contributed by atoms with van der Waals surface area (Å²) in [5.74, 6) is 0.242. The molecule has 0 radical (unpaired) electrons. The van der Waals surface area contributed by atoms with Crippen molar-refractivity contribution in [3.05, 3.63) is 58.7 Å². The minimum atomic E-state index is -0.793. The zero-order chi connectivity index (χ0) is 23.7. The van der Waals surface area contributed by atoms with Crippen LogP contribution in [0.4, 0.5) is 4.79 Å². The van der Waals surface area contributed by atoms with Gasteiger partial charge < -0.3 is 14.2 Å². The van der Waals surface area contributed by atoms with Crippen LogP contribution in [0.5, 0.6) is 11.5 Å². The molecule has 174 valence electrons. The lowest BCUT2D eigenvalue weighted by Crippen LogP contribution is -2.16. The van der Waals surface area contributed by atoms with Crippen molar-refractivity contribution in [1.29, 1.82) is 0 Å². The van der Waals surface area contributed by atoms with E-state index < -0.39 is 12.1 Å². The molecule has 0 aromatic heterocycles. The Morgan fingerprint density at radius 2 is 1.56 bits per heavy atom. The Balaban J connectivity index is 2.38. The van der Waals surface area contributed by atoms with Gasteiger partial charge in [-0.3, -0.25) is 0 Å². The number of benzene rings is 2. The zero-order valence-electron chi connectivity index (χ0n) is 20.2. The van der Waals surface area contributed by atoms with Crippen molar-refractivity contribution in [3.63, 3.8) is 0 Å². The van der Waals surface area contributed by atoms with E-state index in [-0.39, 0.29) is 29.9 Å². The SMILES string of the molecule is CCCCOC(=O)Oc1c(OC(=O)c2ccc(CCC)cc2)cc(C(C)C)cc1C(C)C. The van der Waals surface area contributed by atoms with Crippen LogP contribution in [0.3, 0.4) is 0 Å². The molecular weight excluding hydrogens is 404 g/mol. The maximum atomic E-state index is 12.9. The number of carbonyl (C=O) groups excluding carboxylic acids is 2. The summed E-state index contributed by atoms with van der Waals surface area (Å²) < 4.78 is 16.5. The van der Waals surface area contributed by atoms with Gasteiger partial charge in [-0.15, -0.1) is 0 Å². The van der Waals surface area contributed by atoms with Crippen LogP contribution in [-0.2, 0) is 11.2 Å². The summed E-state index contributed by atoms with van der Waals surface area (Å²) in [5, 5.41) is 0. The fourth-order valence-corrected chi connectivity index (χ4v) is 3.26. The maximum Gasteiger partial charge on any atom is 0.513 e. The summed E-state index contributed by atoms with van der Waals surface area (Å²) in [5.41, 5.74) is 3.42. The molecule has 0 aliphatic carbocycles. The van der Waals surface area contributed by atoms with Gasteiger partial charge in [-0.25, -0.2) is 9.59 Å². The summed E-state index contributed by atoms with van der Waals surface area (Å²) in [4.78, 5) is 25.2. The number of ether oxygens (including phenoxy) is 3. The van der Waals surface area contributed by atoms with E-state index in [1.54, 1.807) is 18.2 Å². The minimum absolute atomic E-state index is 0.0536. The van der Waals surface area contributed by atoms with Gasteiger partial charge in [0.1, 0.15) is 0 Å². The van der Waals surface area contributed by atoms with Gasteiger partial charge in [0.2, 0.25) is 0 Å². The fourth-order valence-electron chi connectivity index (χ4n) is 3.26. The Morgan fingerprint density at radius 3 is 2.12 bits per heavy atom. The number of aryl methyl sites for hydroxylation is 1. The van der Waals surface area contributed by atoms with Gasteiger partial charge in [0.05, 0.1) is 12.2 Å². The minimum Gasteiger partial charge on any atom is -0.434 e. The highest BCUT2D eigenvalue weighted by Gasteiger charge is 2.23. The van der Waals surface area contributed by atoms with Crippen LogP contribution in [0.15, 0.2) is 36.4 Å². The van der Waals surface area contributed by atoms with E-state index in [4.69, 9.17) is 14.2 Å². The van der Waals surface area contributed by atoms with Crippen molar-refractivity contribution in [3.8, 4) is 11.5 Å². The summed E-state index contributed by atoms with van der Waals surface area (Å²) in [6.07, 6.45) is 2.88. The Kier molecular flexibility index (Phi) is 9.76. The van der Waals surface area contributed by atoms with Crippen LogP contribution >= 0.6 is 0 Å². The van der Waals surface area contributed by atoms with Crippen LogP contribution in [0, 0.1) is 0 Å². The Morgan fingerprint density at radius 1 is 0.875 bits per heavy atom. The highest BCUT2D eigenvalue weighted by Crippen LogP contribution is 2.39. The van der Waals surface area contributed by atoms with Gasteiger partial charge in [0.25, 0.3) is 0 Å². The van der Waals surface area contributed by atoms with Crippen LogP contribution in [0.2, 0.25) is 0 Å². The molecule has 0 N–H and O–H groups in total. The average Bonchev–Trinajstić information content (AvgIpc) is 2.75. The molecule has 2 aromatic rings. The van der Waals surface area contributed by atoms with Gasteiger partial charge >= 0.3 is 12.1 Å². The third-order valence-corrected chi connectivity index (χ3v) is 5.23. The lowest BCUT2D eigenvalue weighted by Gasteiger charge is -2.19. The van der Waals surface area contributed by atoms with Gasteiger partial charge in [-0.2, -0.15) is 0 Å². The van der Waals surface area contributed by atoms with Gasteiger partial charge in [0.15, 0.2) is 11.5 Å². The number of rotatable bonds is 10. The van der Waals surface area contributed by atoms with Crippen molar-refractivity contribution in [1.82, 2.24) is 0 Å². The highest BCUT2D eigenvalue weighted by molar-refractivity contribution is 5.91. The average molecular weight is 441 g/mol. The molecule has 2 aromatic carbocycles. The molecule has 5 heteroatoms. The number of carbonyl (C=O) groups is 2. The van der Waals surface area contributed by atoms with Crippen LogP contribution in [0.1, 0.15) is 99.7 Å². The first kappa shape index (κ1) is 25.4. The molecule has 0 saturated carbocycles. The molecule has 5 nitrogen and oxygen atoms in total. The molecule has 2 rings (SSSR count). The molecule has 0 atom stereocenters. The van der Waals surface area contributed by atoms with E-state index in [0.717, 1.165) is 36.8 Å². The predicted octanol–water partition coefficient (Wildman–Crippen LogP) is 7.42. The van der Waals surface area contributed by atoms with E-state index in [1.165, 1.54) is 5.56 Å². The molecule has 0 amide bonds. The molecule has 0 saturated heterocycles. The van der Waals surface area contributed by atoms with Crippen LogP contribution < -0.4 is 9.47 Å². The quantitative estimate of drug-likeness (QED) is 0.166. The standard InChI is InChI=1S/C27H36O5/c1-7-9-15-30-27(29)32-25-23(19(5)6)16-22(18(3)4)17-24(25)31-26(28)21-13-11-20(10-8-2)12-14-21/h11-14,16-19H,7-10,15H2,1-6H3. The molecule has 0 aliphatic heterocycles. The number of esters is 1. The van der Waals surface area contributed by atoms with E-state index in [0.29, 0.717) is 5.56 Å². The highest BCUT2D eigenvalue weighted by atomic mass is 16.7. The monoisotopic (exact) mass is 440 g/mol. The molecule has 0 heterocycles. The van der Waals surface area contributed by atoms with E-state index in [2.05, 4.69) is 20.8 Å². The predicted molar refractivity (Wildman–Crippen MR) is 127 cm³/mol. The summed E-state index contributed by atoms with van der Waals surface area (Å²) in [6, 6.07) is 11.2. The van der Waals surface area contributed by atoms with Crippen molar-refractivity contribution < 1.29 is 23.8 Å². The smallest absolute Gasteiger partial charge is 0.434 e. The zero-order valence-corrected chi connectivity index (χ0v) is 20.2. The van der Waals surface area contributed by atoms with Crippen molar-refractivity contribution in [2.75, 3.05) is 6.61 Å². The first-order chi connectivity index (χ1) is 15.3. The molecule has 32 heavy (non-hydrogen) atoms. The third kappa shape index (κ3) is 7.11. The fraction of sp³-hybridized carbons (Fsp3) is 0.481. The normalized spacial score (nSPS) is 11.0. The number of hydrogen-bond donors (Lipinski definition) is 0. The number of unbranched alkanes of at least 4 members (excludes halogenated alkanes) is 1. The summed E-state index contributed by atoms with van der Waals surface area (Å²) >= 11 is 0. The lowest BCUT2D eigenvalue weighted by atomic mass is 9.94. The number of hydrogen-bond acceptors (Lipinski definition) is 5. The first-order valence-corrected chi connectivity index (χ1v) is 11.6. The van der Waals surface area contributed by atoms with E-state index >= 15 is 0 Å². The van der Waals surface area contributed by atoms with Gasteiger partial charge in [-0.1, -0.05) is 72.6 Å². The van der Waals surface area contributed by atoms with Gasteiger partial charge in [0, 0.05) is 5.56 Å². The van der Waals surface area contributed by atoms with Crippen LogP contribution in [0.25, 0.3) is 0 Å². The summed E-state index contributed by atoms with van der Waals surface area (Å²) in [6.45, 7) is 12.6. The molecule has 0 aliphatic rings. The lowest BCUT2D eigenvalue weighted by molar-refractivity contribution is 0.0714. The second-order valence-corrected chi connectivity index (χ2v) is 8.64. The van der Waals surface area contributed by atoms with Crippen molar-refractivity contribution >= 4 is 12.1 Å². The molecule has 0 bridgehead atoms. The molecule has 0 unspecified atom stereocenters.